The van der Waals surface area contributed by atoms with Gasteiger partial charge in [-0.05, 0) is 12.5 Å². The van der Waals surface area contributed by atoms with Crippen molar-refractivity contribution >= 4 is 11.8 Å². The number of rotatable bonds is 4. The van der Waals surface area contributed by atoms with Crippen molar-refractivity contribution in [2.24, 2.45) is 5.41 Å². The van der Waals surface area contributed by atoms with E-state index in [-0.39, 0.29) is 5.78 Å². The van der Waals surface area contributed by atoms with Crippen molar-refractivity contribution in [1.82, 2.24) is 0 Å². The molecule has 80 valence electrons. The summed E-state index contributed by atoms with van der Waals surface area (Å²) in [6.07, 6.45) is 3.24. The topological polar surface area (TPSA) is 43.4 Å². The molecule has 0 aromatic heterocycles. The predicted molar refractivity (Wildman–Crippen MR) is 54.9 cm³/mol. The molecule has 0 spiro atoms. The molecule has 0 atom stereocenters. The van der Waals surface area contributed by atoms with Gasteiger partial charge in [-0.3, -0.25) is 4.79 Å². The van der Waals surface area contributed by atoms with Gasteiger partial charge in [-0.1, -0.05) is 27.7 Å². The van der Waals surface area contributed by atoms with Crippen LogP contribution in [-0.2, 0) is 14.3 Å². The lowest BCUT2D eigenvalue weighted by Gasteiger charge is -2.12. The van der Waals surface area contributed by atoms with Crippen LogP contribution in [0.4, 0.5) is 0 Å². The Labute approximate surface area is 85.1 Å². The highest BCUT2D eigenvalue weighted by molar-refractivity contribution is 5.98. The molecule has 3 nitrogen and oxygen atoms in total. The highest BCUT2D eigenvalue weighted by atomic mass is 16.5. The lowest BCUT2D eigenvalue weighted by molar-refractivity contribution is -0.138. The van der Waals surface area contributed by atoms with E-state index in [0.29, 0.717) is 6.61 Å². The van der Waals surface area contributed by atoms with E-state index in [4.69, 9.17) is 4.74 Å². The fourth-order valence-electron chi connectivity index (χ4n) is 0.644. The van der Waals surface area contributed by atoms with E-state index in [0.717, 1.165) is 6.42 Å². The maximum absolute atomic E-state index is 11.3. The Kier molecular flexibility index (Phi) is 5.13. The summed E-state index contributed by atoms with van der Waals surface area (Å²) in [6, 6.07) is 0. The van der Waals surface area contributed by atoms with Crippen LogP contribution in [-0.4, -0.2) is 18.4 Å². The number of carbonyl (C=O) groups excluding carboxylic acids is 2. The Morgan fingerprint density at radius 3 is 2.21 bits per heavy atom. The molecular weight excluding hydrogens is 180 g/mol. The molecule has 3 heteroatoms. The fraction of sp³-hybridized carbons (Fsp3) is 0.636. The second-order valence-corrected chi connectivity index (χ2v) is 4.12. The standard InChI is InChI=1S/C11H18O3/c1-5-8-14-10(13)7-6-9(12)11(2,3)4/h6-7H,5,8H2,1-4H3/b7-6-. The van der Waals surface area contributed by atoms with E-state index in [2.05, 4.69) is 0 Å². The minimum atomic E-state index is -0.454. The van der Waals surface area contributed by atoms with Gasteiger partial charge in [0.2, 0.25) is 0 Å². The third-order valence-electron chi connectivity index (χ3n) is 1.56. The second-order valence-electron chi connectivity index (χ2n) is 4.12. The van der Waals surface area contributed by atoms with E-state index >= 15 is 0 Å². The van der Waals surface area contributed by atoms with Gasteiger partial charge in [0, 0.05) is 11.5 Å². The monoisotopic (exact) mass is 198 g/mol. The number of hydrogen-bond acceptors (Lipinski definition) is 3. The van der Waals surface area contributed by atoms with Crippen molar-refractivity contribution in [2.45, 2.75) is 34.1 Å². The number of ketones is 1. The highest BCUT2D eigenvalue weighted by Crippen LogP contribution is 2.14. The van der Waals surface area contributed by atoms with Crippen LogP contribution >= 0.6 is 0 Å². The molecule has 0 aromatic carbocycles. The minimum Gasteiger partial charge on any atom is -0.463 e. The summed E-state index contributed by atoms with van der Waals surface area (Å²) in [5.41, 5.74) is -0.443. The zero-order valence-electron chi connectivity index (χ0n) is 9.29. The van der Waals surface area contributed by atoms with E-state index in [1.165, 1.54) is 12.2 Å². The third kappa shape index (κ3) is 5.51. The van der Waals surface area contributed by atoms with Crippen molar-refractivity contribution in [2.75, 3.05) is 6.61 Å². The molecule has 0 saturated heterocycles. The molecule has 0 aromatic rings. The predicted octanol–water partition coefficient (Wildman–Crippen LogP) is 2.11. The van der Waals surface area contributed by atoms with Gasteiger partial charge in [0.15, 0.2) is 5.78 Å². The van der Waals surface area contributed by atoms with Crippen molar-refractivity contribution < 1.29 is 14.3 Å². The molecule has 0 radical (unpaired) electrons. The Morgan fingerprint density at radius 2 is 1.79 bits per heavy atom. The first-order valence-electron chi connectivity index (χ1n) is 4.77. The van der Waals surface area contributed by atoms with Crippen molar-refractivity contribution in [3.63, 3.8) is 0 Å². The van der Waals surface area contributed by atoms with E-state index in [9.17, 15) is 9.59 Å². The molecule has 0 rings (SSSR count). The summed E-state index contributed by atoms with van der Waals surface area (Å²) in [7, 11) is 0. The lowest BCUT2D eigenvalue weighted by Crippen LogP contribution is -2.17. The van der Waals surface area contributed by atoms with Gasteiger partial charge in [-0.25, -0.2) is 4.79 Å². The summed E-state index contributed by atoms with van der Waals surface area (Å²) in [4.78, 5) is 22.3. The van der Waals surface area contributed by atoms with Gasteiger partial charge in [0.1, 0.15) is 0 Å². The average molecular weight is 198 g/mol. The molecule has 0 aliphatic heterocycles. The molecule has 0 aliphatic carbocycles. The Balaban J connectivity index is 4.05. The summed E-state index contributed by atoms with van der Waals surface area (Å²) in [6.45, 7) is 7.72. The first kappa shape index (κ1) is 12.9. The number of carbonyl (C=O) groups is 2. The fourth-order valence-corrected chi connectivity index (χ4v) is 0.644. The molecule has 0 amide bonds. The quantitative estimate of drug-likeness (QED) is 0.513. The molecule has 0 fully saturated rings. The van der Waals surface area contributed by atoms with Crippen LogP contribution in [0.2, 0.25) is 0 Å². The van der Waals surface area contributed by atoms with Crippen molar-refractivity contribution in [1.29, 1.82) is 0 Å². The Bertz CT molecular complexity index is 233. The smallest absolute Gasteiger partial charge is 0.330 e. The van der Waals surface area contributed by atoms with Crippen LogP contribution in [0.25, 0.3) is 0 Å². The van der Waals surface area contributed by atoms with Gasteiger partial charge in [-0.15, -0.1) is 0 Å². The molecule has 0 saturated carbocycles. The largest absolute Gasteiger partial charge is 0.463 e. The van der Waals surface area contributed by atoms with Crippen molar-refractivity contribution in [3.05, 3.63) is 12.2 Å². The number of esters is 1. The van der Waals surface area contributed by atoms with Gasteiger partial charge in [0.05, 0.1) is 6.61 Å². The summed E-state index contributed by atoms with van der Waals surface area (Å²) in [5, 5.41) is 0. The average Bonchev–Trinajstić information content (AvgIpc) is 2.09. The molecule has 0 aliphatic rings. The molecule has 0 heterocycles. The molecule has 14 heavy (non-hydrogen) atoms. The van der Waals surface area contributed by atoms with Crippen LogP contribution in [0.5, 0.6) is 0 Å². The Morgan fingerprint density at radius 1 is 1.21 bits per heavy atom. The summed E-state index contributed by atoms with van der Waals surface area (Å²) < 4.78 is 4.78. The lowest BCUT2D eigenvalue weighted by atomic mass is 9.91. The van der Waals surface area contributed by atoms with Crippen LogP contribution in [0.1, 0.15) is 34.1 Å². The normalized spacial score (nSPS) is 11.7. The van der Waals surface area contributed by atoms with E-state index in [1.807, 2.05) is 6.92 Å². The number of allylic oxidation sites excluding steroid dienone is 1. The first-order valence-corrected chi connectivity index (χ1v) is 4.77. The van der Waals surface area contributed by atoms with Gasteiger partial charge < -0.3 is 4.74 Å². The summed E-state index contributed by atoms with van der Waals surface area (Å²) >= 11 is 0. The number of hydrogen-bond donors (Lipinski definition) is 0. The third-order valence-corrected chi connectivity index (χ3v) is 1.56. The molecular formula is C11H18O3. The van der Waals surface area contributed by atoms with E-state index < -0.39 is 11.4 Å². The van der Waals surface area contributed by atoms with Crippen LogP contribution in [0.3, 0.4) is 0 Å². The van der Waals surface area contributed by atoms with Gasteiger partial charge in [0.25, 0.3) is 0 Å². The zero-order valence-corrected chi connectivity index (χ0v) is 9.29. The maximum atomic E-state index is 11.3. The van der Waals surface area contributed by atoms with Crippen LogP contribution in [0.15, 0.2) is 12.2 Å². The maximum Gasteiger partial charge on any atom is 0.330 e. The second kappa shape index (κ2) is 5.58. The van der Waals surface area contributed by atoms with Crippen molar-refractivity contribution in [3.8, 4) is 0 Å². The SMILES string of the molecule is CCCOC(=O)/C=C\C(=O)C(C)(C)C. The van der Waals surface area contributed by atoms with E-state index in [1.54, 1.807) is 20.8 Å². The highest BCUT2D eigenvalue weighted by Gasteiger charge is 2.18. The van der Waals surface area contributed by atoms with Crippen LogP contribution in [0, 0.1) is 5.41 Å². The first-order chi connectivity index (χ1) is 6.38. The molecule has 0 unspecified atom stereocenters. The number of ether oxygens (including phenoxy) is 1. The summed E-state index contributed by atoms with van der Waals surface area (Å²) in [5.74, 6) is -0.532. The van der Waals surface area contributed by atoms with Gasteiger partial charge >= 0.3 is 5.97 Å². The molecule has 0 bridgehead atoms. The van der Waals surface area contributed by atoms with Crippen LogP contribution < -0.4 is 0 Å². The zero-order chi connectivity index (χ0) is 11.2. The molecule has 0 N–H and O–H groups in total. The van der Waals surface area contributed by atoms with Gasteiger partial charge in [-0.2, -0.15) is 0 Å². The Hall–Kier alpha value is -1.12. The minimum absolute atomic E-state index is 0.0778.